The molecule has 0 aliphatic rings. The summed E-state index contributed by atoms with van der Waals surface area (Å²) in [6, 6.07) is 8.43. The summed E-state index contributed by atoms with van der Waals surface area (Å²) in [7, 11) is 0. The first-order valence-corrected chi connectivity index (χ1v) is 7.42. The number of halogens is 3. The molecule has 0 spiro atoms. The van der Waals surface area contributed by atoms with Crippen LogP contribution in [0.15, 0.2) is 42.5 Å². The molecule has 134 valence electrons. The normalized spacial score (nSPS) is 11.5. The lowest BCUT2D eigenvalue weighted by atomic mass is 10.1. The van der Waals surface area contributed by atoms with Crippen LogP contribution >= 0.6 is 0 Å². The third kappa shape index (κ3) is 3.23. The van der Waals surface area contributed by atoms with E-state index in [9.17, 15) is 28.1 Å². The quantitative estimate of drug-likeness (QED) is 0.524. The average molecular weight is 363 g/mol. The predicted octanol–water partition coefficient (Wildman–Crippen LogP) is 4.66. The summed E-state index contributed by atoms with van der Waals surface area (Å²) in [6.07, 6.45) is -4.45. The lowest BCUT2D eigenvalue weighted by molar-refractivity contribution is -0.385. The number of carbonyl (C=O) groups excluding carboxylic acids is 1. The summed E-state index contributed by atoms with van der Waals surface area (Å²) < 4.78 is 37.7. The number of H-pyrrole nitrogens is 1. The van der Waals surface area contributed by atoms with Crippen LogP contribution < -0.4 is 5.32 Å². The predicted molar refractivity (Wildman–Crippen MR) is 89.1 cm³/mol. The van der Waals surface area contributed by atoms with E-state index in [0.29, 0.717) is 16.5 Å². The number of aryl methyl sites for hydroxylation is 1. The van der Waals surface area contributed by atoms with Gasteiger partial charge in [-0.3, -0.25) is 14.9 Å². The first-order chi connectivity index (χ1) is 12.2. The summed E-state index contributed by atoms with van der Waals surface area (Å²) in [5.74, 6) is -0.567. The first kappa shape index (κ1) is 17.5. The zero-order chi connectivity index (χ0) is 19.1. The number of benzene rings is 2. The highest BCUT2D eigenvalue weighted by molar-refractivity contribution is 6.06. The van der Waals surface area contributed by atoms with Gasteiger partial charge >= 0.3 is 6.18 Å². The van der Waals surface area contributed by atoms with Crippen LogP contribution in [0.25, 0.3) is 10.9 Å². The SMILES string of the molecule is Cc1c([N+](=O)[O-])ccc2cc(C(=O)Nc3ccc(C(F)(F)F)cc3)[nH]c12. The zero-order valence-electron chi connectivity index (χ0n) is 13.3. The van der Waals surface area contributed by atoms with Crippen LogP contribution in [0, 0.1) is 17.0 Å². The van der Waals surface area contributed by atoms with Gasteiger partial charge in [0, 0.05) is 17.1 Å². The molecule has 1 amide bonds. The van der Waals surface area contributed by atoms with Gasteiger partial charge in [0.15, 0.2) is 0 Å². The molecule has 3 rings (SSSR count). The van der Waals surface area contributed by atoms with Crippen molar-refractivity contribution in [2.75, 3.05) is 5.32 Å². The highest BCUT2D eigenvalue weighted by Gasteiger charge is 2.30. The summed E-state index contributed by atoms with van der Waals surface area (Å²) in [5.41, 5.74) is 0.295. The molecule has 2 N–H and O–H groups in total. The van der Waals surface area contributed by atoms with E-state index in [0.717, 1.165) is 24.3 Å². The van der Waals surface area contributed by atoms with Crippen LogP contribution in [0.4, 0.5) is 24.5 Å². The van der Waals surface area contributed by atoms with Crippen LogP contribution in [0.1, 0.15) is 21.6 Å². The van der Waals surface area contributed by atoms with Crippen molar-refractivity contribution in [1.82, 2.24) is 4.98 Å². The van der Waals surface area contributed by atoms with Crippen molar-refractivity contribution in [2.24, 2.45) is 0 Å². The van der Waals surface area contributed by atoms with Crippen molar-refractivity contribution in [3.8, 4) is 0 Å². The van der Waals surface area contributed by atoms with Crippen molar-refractivity contribution in [1.29, 1.82) is 0 Å². The molecule has 3 aromatic rings. The molecular weight excluding hydrogens is 351 g/mol. The summed E-state index contributed by atoms with van der Waals surface area (Å²) in [6.45, 7) is 1.56. The van der Waals surface area contributed by atoms with Crippen molar-refractivity contribution >= 4 is 28.2 Å². The number of hydrogen-bond donors (Lipinski definition) is 2. The summed E-state index contributed by atoms with van der Waals surface area (Å²) >= 11 is 0. The highest BCUT2D eigenvalue weighted by Crippen LogP contribution is 2.30. The van der Waals surface area contributed by atoms with Gasteiger partial charge in [0.05, 0.1) is 21.6 Å². The maximum absolute atomic E-state index is 12.6. The molecule has 1 aromatic heterocycles. The molecule has 2 aromatic carbocycles. The second-order valence-electron chi connectivity index (χ2n) is 5.64. The smallest absolute Gasteiger partial charge is 0.350 e. The minimum absolute atomic E-state index is 0.0750. The van der Waals surface area contributed by atoms with Gasteiger partial charge in [0.25, 0.3) is 11.6 Å². The molecule has 0 aliphatic carbocycles. The van der Waals surface area contributed by atoms with Crippen molar-refractivity contribution in [2.45, 2.75) is 13.1 Å². The largest absolute Gasteiger partial charge is 0.416 e. The first-order valence-electron chi connectivity index (χ1n) is 7.42. The Morgan fingerprint density at radius 2 is 1.81 bits per heavy atom. The van der Waals surface area contributed by atoms with Gasteiger partial charge in [-0.1, -0.05) is 0 Å². The summed E-state index contributed by atoms with van der Waals surface area (Å²) in [4.78, 5) is 25.6. The molecule has 0 aliphatic heterocycles. The van der Waals surface area contributed by atoms with Crippen LogP contribution in [-0.4, -0.2) is 15.8 Å². The molecule has 0 bridgehead atoms. The summed E-state index contributed by atoms with van der Waals surface area (Å²) in [5, 5.41) is 14.1. The van der Waals surface area contributed by atoms with E-state index in [1.165, 1.54) is 18.2 Å². The van der Waals surface area contributed by atoms with Crippen molar-refractivity contribution < 1.29 is 22.9 Å². The maximum atomic E-state index is 12.6. The Bertz CT molecular complexity index is 1010. The van der Waals surface area contributed by atoms with Gasteiger partial charge in [-0.05, 0) is 43.3 Å². The number of nitrogens with zero attached hydrogens (tertiary/aromatic N) is 1. The number of aromatic nitrogens is 1. The standard InChI is InChI=1S/C17H12F3N3O3/c1-9-14(23(25)26)7-2-10-8-13(22-15(9)10)16(24)21-12-5-3-11(4-6-12)17(18,19)20/h2-8,22H,1H3,(H,21,24). The Hall–Kier alpha value is -3.36. The number of fused-ring (bicyclic) bond motifs is 1. The molecule has 0 unspecified atom stereocenters. The Morgan fingerprint density at radius 1 is 1.15 bits per heavy atom. The van der Waals surface area contributed by atoms with E-state index in [1.54, 1.807) is 6.92 Å². The van der Waals surface area contributed by atoms with Gasteiger partial charge in [-0.15, -0.1) is 0 Å². The molecule has 0 saturated carbocycles. The lowest BCUT2D eigenvalue weighted by Crippen LogP contribution is -2.12. The molecule has 6 nitrogen and oxygen atoms in total. The maximum Gasteiger partial charge on any atom is 0.416 e. The minimum atomic E-state index is -4.45. The van der Waals surface area contributed by atoms with Gasteiger partial charge < -0.3 is 10.3 Å². The van der Waals surface area contributed by atoms with E-state index in [1.807, 2.05) is 0 Å². The Kier molecular flexibility index (Phi) is 4.15. The monoisotopic (exact) mass is 363 g/mol. The fourth-order valence-corrected chi connectivity index (χ4v) is 2.60. The Morgan fingerprint density at radius 3 is 2.38 bits per heavy atom. The van der Waals surface area contributed by atoms with Gasteiger partial charge in [0.1, 0.15) is 5.69 Å². The Labute approximate surface area is 144 Å². The van der Waals surface area contributed by atoms with E-state index >= 15 is 0 Å². The molecule has 26 heavy (non-hydrogen) atoms. The van der Waals surface area contributed by atoms with E-state index in [2.05, 4.69) is 10.3 Å². The van der Waals surface area contributed by atoms with Crippen LogP contribution in [-0.2, 0) is 6.18 Å². The number of nitro groups is 1. The molecule has 9 heteroatoms. The van der Waals surface area contributed by atoms with E-state index in [4.69, 9.17) is 0 Å². The topological polar surface area (TPSA) is 88.0 Å². The molecule has 0 atom stereocenters. The third-order valence-electron chi connectivity index (χ3n) is 3.94. The fraction of sp³-hybridized carbons (Fsp3) is 0.118. The number of nitro benzene ring substituents is 1. The number of nitrogens with one attached hydrogen (secondary N) is 2. The molecule has 0 radical (unpaired) electrons. The molecule has 1 heterocycles. The molecule has 0 fully saturated rings. The number of alkyl halides is 3. The van der Waals surface area contributed by atoms with Crippen LogP contribution in [0.3, 0.4) is 0 Å². The van der Waals surface area contributed by atoms with Gasteiger partial charge in [0.2, 0.25) is 0 Å². The van der Waals surface area contributed by atoms with Crippen molar-refractivity contribution in [3.63, 3.8) is 0 Å². The second kappa shape index (κ2) is 6.17. The van der Waals surface area contributed by atoms with Gasteiger partial charge in [-0.25, -0.2) is 0 Å². The molecule has 0 saturated heterocycles. The van der Waals surface area contributed by atoms with Crippen LogP contribution in [0.2, 0.25) is 0 Å². The number of rotatable bonds is 3. The number of carbonyl (C=O) groups is 1. The zero-order valence-corrected chi connectivity index (χ0v) is 13.3. The minimum Gasteiger partial charge on any atom is -0.350 e. The second-order valence-corrected chi connectivity index (χ2v) is 5.64. The van der Waals surface area contributed by atoms with Crippen molar-refractivity contribution in [3.05, 3.63) is 69.4 Å². The number of amides is 1. The lowest BCUT2D eigenvalue weighted by Gasteiger charge is -2.08. The highest BCUT2D eigenvalue weighted by atomic mass is 19.4. The third-order valence-corrected chi connectivity index (χ3v) is 3.94. The fourth-order valence-electron chi connectivity index (χ4n) is 2.60. The average Bonchev–Trinajstić information content (AvgIpc) is 3.00. The van der Waals surface area contributed by atoms with Crippen LogP contribution in [0.5, 0.6) is 0 Å². The number of anilines is 1. The number of hydrogen-bond acceptors (Lipinski definition) is 3. The van der Waals surface area contributed by atoms with E-state index < -0.39 is 22.6 Å². The molecular formula is C17H12F3N3O3. The van der Waals surface area contributed by atoms with E-state index in [-0.39, 0.29) is 17.1 Å². The van der Waals surface area contributed by atoms with Gasteiger partial charge in [-0.2, -0.15) is 13.2 Å². The Balaban J connectivity index is 1.86. The number of aromatic amines is 1.